The summed E-state index contributed by atoms with van der Waals surface area (Å²) in [6.07, 6.45) is 0. The fourth-order valence-corrected chi connectivity index (χ4v) is 2.85. The molecular weight excluding hydrogens is 319 g/mol. The first-order valence-electron chi connectivity index (χ1n) is 6.13. The van der Waals surface area contributed by atoms with Gasteiger partial charge in [-0.3, -0.25) is 9.80 Å². The molecule has 0 spiro atoms. The molecule has 1 aromatic rings. The predicted octanol–water partition coefficient (Wildman–Crippen LogP) is 2.94. The summed E-state index contributed by atoms with van der Waals surface area (Å²) in [5.74, 6) is 0.496. The monoisotopic (exact) mass is 334 g/mol. The van der Waals surface area contributed by atoms with Gasteiger partial charge in [-0.05, 0) is 33.6 Å². The van der Waals surface area contributed by atoms with Gasteiger partial charge < -0.3 is 0 Å². The van der Waals surface area contributed by atoms with E-state index in [1.165, 1.54) is 6.07 Å². The minimum absolute atomic E-state index is 0.203. The molecule has 1 aliphatic rings. The van der Waals surface area contributed by atoms with Gasteiger partial charge in [0, 0.05) is 45.1 Å². The van der Waals surface area contributed by atoms with Crippen LogP contribution in [0.1, 0.15) is 5.56 Å². The van der Waals surface area contributed by atoms with Gasteiger partial charge >= 0.3 is 0 Å². The summed E-state index contributed by atoms with van der Waals surface area (Å²) >= 11 is 8.96. The van der Waals surface area contributed by atoms with Crippen molar-refractivity contribution in [2.75, 3.05) is 38.6 Å². The molecule has 1 fully saturated rings. The van der Waals surface area contributed by atoms with Gasteiger partial charge in [0.1, 0.15) is 5.82 Å². The van der Waals surface area contributed by atoms with Gasteiger partial charge in [-0.1, -0.05) is 6.07 Å². The van der Waals surface area contributed by atoms with E-state index in [2.05, 4.69) is 25.7 Å². The van der Waals surface area contributed by atoms with E-state index in [4.69, 9.17) is 11.6 Å². The van der Waals surface area contributed by atoms with E-state index in [0.29, 0.717) is 10.4 Å². The summed E-state index contributed by atoms with van der Waals surface area (Å²) in [5, 5.41) is 0. The predicted molar refractivity (Wildman–Crippen MR) is 76.5 cm³/mol. The maximum Gasteiger partial charge on any atom is 0.137 e. The average Bonchev–Trinajstić information content (AvgIpc) is 2.37. The van der Waals surface area contributed by atoms with Crippen LogP contribution in [0.3, 0.4) is 0 Å². The number of hydrogen-bond donors (Lipinski definition) is 0. The van der Waals surface area contributed by atoms with E-state index in [-0.39, 0.29) is 5.82 Å². The lowest BCUT2D eigenvalue weighted by atomic mass is 10.2. The number of halogens is 3. The van der Waals surface area contributed by atoms with Crippen molar-refractivity contribution >= 4 is 27.5 Å². The van der Waals surface area contributed by atoms with E-state index in [9.17, 15) is 4.39 Å². The topological polar surface area (TPSA) is 6.48 Å². The summed E-state index contributed by atoms with van der Waals surface area (Å²) in [4.78, 5) is 4.77. The van der Waals surface area contributed by atoms with Crippen molar-refractivity contribution in [1.82, 2.24) is 9.80 Å². The van der Waals surface area contributed by atoms with Crippen LogP contribution in [0.5, 0.6) is 0 Å². The fraction of sp³-hybridized carbons (Fsp3) is 0.538. The summed E-state index contributed by atoms with van der Waals surface area (Å²) in [5.41, 5.74) is 1.15. The van der Waals surface area contributed by atoms with Gasteiger partial charge in [-0.25, -0.2) is 4.39 Å². The summed E-state index contributed by atoms with van der Waals surface area (Å²) in [6.45, 7) is 6.08. The summed E-state index contributed by atoms with van der Waals surface area (Å²) in [6, 6.07) is 5.23. The van der Waals surface area contributed by atoms with Crippen molar-refractivity contribution in [3.05, 3.63) is 34.1 Å². The van der Waals surface area contributed by atoms with Gasteiger partial charge in [0.15, 0.2) is 0 Å². The molecule has 0 N–H and O–H groups in total. The lowest BCUT2D eigenvalue weighted by Gasteiger charge is -2.34. The quantitative estimate of drug-likeness (QED) is 0.781. The molecule has 0 radical (unpaired) electrons. The Labute approximate surface area is 121 Å². The van der Waals surface area contributed by atoms with Crippen LogP contribution in [0.25, 0.3) is 0 Å². The largest absolute Gasteiger partial charge is 0.300 e. The highest BCUT2D eigenvalue weighted by molar-refractivity contribution is 9.10. The Morgan fingerprint density at radius 3 is 2.44 bits per heavy atom. The molecule has 1 saturated heterocycles. The molecular formula is C13H17BrClFN2. The van der Waals surface area contributed by atoms with Crippen LogP contribution < -0.4 is 0 Å². The first-order valence-corrected chi connectivity index (χ1v) is 7.46. The van der Waals surface area contributed by atoms with Gasteiger partial charge in [0.2, 0.25) is 0 Å². The van der Waals surface area contributed by atoms with Crippen molar-refractivity contribution in [2.45, 2.75) is 6.54 Å². The highest BCUT2D eigenvalue weighted by Gasteiger charge is 2.16. The Hall–Kier alpha value is -0.160. The average molecular weight is 336 g/mol. The van der Waals surface area contributed by atoms with Crippen LogP contribution in [0.15, 0.2) is 22.7 Å². The maximum atomic E-state index is 13.1. The van der Waals surface area contributed by atoms with E-state index in [1.807, 2.05) is 12.1 Å². The first-order chi connectivity index (χ1) is 8.69. The fourth-order valence-electron chi connectivity index (χ4n) is 2.19. The van der Waals surface area contributed by atoms with E-state index in [0.717, 1.165) is 44.8 Å². The number of piperazine rings is 1. The Bertz CT molecular complexity index is 395. The minimum Gasteiger partial charge on any atom is -0.300 e. The van der Waals surface area contributed by atoms with Crippen molar-refractivity contribution in [2.24, 2.45) is 0 Å². The lowest BCUT2D eigenvalue weighted by Crippen LogP contribution is -2.46. The molecule has 1 heterocycles. The zero-order valence-corrected chi connectivity index (χ0v) is 12.6. The molecule has 5 heteroatoms. The first kappa shape index (κ1) is 14.3. The molecule has 0 unspecified atom stereocenters. The summed E-state index contributed by atoms with van der Waals surface area (Å²) < 4.78 is 13.7. The minimum atomic E-state index is -0.203. The van der Waals surface area contributed by atoms with Crippen molar-refractivity contribution in [3.63, 3.8) is 0 Å². The molecule has 0 atom stereocenters. The van der Waals surface area contributed by atoms with Crippen LogP contribution >= 0.6 is 27.5 Å². The Morgan fingerprint density at radius 1 is 1.17 bits per heavy atom. The SMILES string of the molecule is Fc1ccc(CN2CCN(CCCl)CC2)cc1Br. The normalized spacial score (nSPS) is 18.2. The molecule has 1 aliphatic heterocycles. The number of hydrogen-bond acceptors (Lipinski definition) is 2. The Morgan fingerprint density at radius 2 is 1.83 bits per heavy atom. The Kier molecular flexibility index (Phi) is 5.42. The zero-order chi connectivity index (χ0) is 13.0. The van der Waals surface area contributed by atoms with Gasteiger partial charge in [-0.15, -0.1) is 11.6 Å². The molecule has 2 nitrogen and oxygen atoms in total. The molecule has 0 bridgehead atoms. The van der Waals surface area contributed by atoms with Crippen LogP contribution in [-0.4, -0.2) is 48.4 Å². The third-order valence-corrected chi connectivity index (χ3v) is 4.03. The number of alkyl halides is 1. The molecule has 2 rings (SSSR count). The number of nitrogens with zero attached hydrogens (tertiary/aromatic N) is 2. The van der Waals surface area contributed by atoms with Crippen LogP contribution in [0.2, 0.25) is 0 Å². The third kappa shape index (κ3) is 3.92. The Balaban J connectivity index is 1.85. The van der Waals surface area contributed by atoms with Crippen LogP contribution in [0, 0.1) is 5.82 Å². The summed E-state index contributed by atoms with van der Waals surface area (Å²) in [7, 11) is 0. The molecule has 1 aromatic carbocycles. The van der Waals surface area contributed by atoms with Gasteiger partial charge in [0.25, 0.3) is 0 Å². The van der Waals surface area contributed by atoms with Crippen LogP contribution in [-0.2, 0) is 6.54 Å². The molecule has 0 amide bonds. The smallest absolute Gasteiger partial charge is 0.137 e. The van der Waals surface area contributed by atoms with E-state index in [1.54, 1.807) is 0 Å². The van der Waals surface area contributed by atoms with Crippen molar-refractivity contribution in [3.8, 4) is 0 Å². The molecule has 100 valence electrons. The number of benzene rings is 1. The zero-order valence-electron chi connectivity index (χ0n) is 10.2. The second-order valence-corrected chi connectivity index (χ2v) is 5.79. The van der Waals surface area contributed by atoms with E-state index >= 15 is 0 Å². The second kappa shape index (κ2) is 6.85. The molecule has 18 heavy (non-hydrogen) atoms. The highest BCUT2D eigenvalue weighted by atomic mass is 79.9. The van der Waals surface area contributed by atoms with Crippen molar-refractivity contribution < 1.29 is 4.39 Å². The molecule has 0 saturated carbocycles. The van der Waals surface area contributed by atoms with Gasteiger partial charge in [0.05, 0.1) is 4.47 Å². The van der Waals surface area contributed by atoms with Gasteiger partial charge in [-0.2, -0.15) is 0 Å². The van der Waals surface area contributed by atoms with E-state index < -0.39 is 0 Å². The molecule has 0 aromatic heterocycles. The van der Waals surface area contributed by atoms with Crippen molar-refractivity contribution in [1.29, 1.82) is 0 Å². The second-order valence-electron chi connectivity index (χ2n) is 4.56. The lowest BCUT2D eigenvalue weighted by molar-refractivity contribution is 0.132. The maximum absolute atomic E-state index is 13.1. The number of rotatable bonds is 4. The third-order valence-electron chi connectivity index (χ3n) is 3.26. The van der Waals surface area contributed by atoms with Crippen LogP contribution in [0.4, 0.5) is 4.39 Å². The highest BCUT2D eigenvalue weighted by Crippen LogP contribution is 2.18. The standard InChI is InChI=1S/C13H17BrClFN2/c14-12-9-11(1-2-13(12)16)10-18-7-5-17(4-3-15)6-8-18/h1-2,9H,3-8,10H2. The molecule has 0 aliphatic carbocycles.